The molecule has 0 fully saturated rings. The van der Waals surface area contributed by atoms with E-state index in [1.165, 1.54) is 0 Å². The Kier molecular flexibility index (Phi) is 5.97. The quantitative estimate of drug-likeness (QED) is 0.435. The number of alkyl halides is 2. The molecule has 3 nitrogen and oxygen atoms in total. The number of carbonyl (C=O) groups excluding carboxylic acids is 2. The van der Waals surface area contributed by atoms with Gasteiger partial charge < -0.3 is 5.32 Å². The molecule has 0 saturated carbocycles. The van der Waals surface area contributed by atoms with E-state index < -0.39 is 3.55 Å². The van der Waals surface area contributed by atoms with E-state index in [4.69, 9.17) is 11.6 Å². The van der Waals surface area contributed by atoms with Crippen LogP contribution in [0, 0.1) is 0 Å². The number of Topliss-reactive ketones (excluding diaryl/α,β-unsaturated/α-hetero) is 1. The number of hydrogen-bond donors (Lipinski definition) is 1. The van der Waals surface area contributed by atoms with E-state index in [-0.39, 0.29) is 17.6 Å². The van der Waals surface area contributed by atoms with Crippen molar-refractivity contribution in [3.05, 3.63) is 71.8 Å². The molecule has 2 aromatic carbocycles. The summed E-state index contributed by atoms with van der Waals surface area (Å²) >= 11 is 7.71. The van der Waals surface area contributed by atoms with Gasteiger partial charge in [0.15, 0.2) is 9.33 Å². The highest BCUT2D eigenvalue weighted by atomic mass is 127. The smallest absolute Gasteiger partial charge is 0.252 e. The molecule has 0 aliphatic rings. The molecule has 0 aliphatic heterocycles. The van der Waals surface area contributed by atoms with Gasteiger partial charge in [-0.2, -0.15) is 0 Å². The standard InChI is InChI=1S/C17H15ClINO2/c18-12-15(21)17(19,11-13-7-3-1-4-8-13)20-16(22)14-9-5-2-6-10-14/h1-10H,11-12H2,(H,20,22). The SMILES string of the molecule is O=C(NC(I)(Cc1ccccc1)C(=O)CCl)c1ccccc1. The lowest BCUT2D eigenvalue weighted by Gasteiger charge is -2.27. The van der Waals surface area contributed by atoms with Gasteiger partial charge in [-0.05, 0) is 40.3 Å². The van der Waals surface area contributed by atoms with Crippen molar-refractivity contribution in [3.8, 4) is 0 Å². The van der Waals surface area contributed by atoms with Gasteiger partial charge in [-0.25, -0.2) is 0 Å². The summed E-state index contributed by atoms with van der Waals surface area (Å²) in [5.41, 5.74) is 1.47. The van der Waals surface area contributed by atoms with E-state index in [1.54, 1.807) is 24.3 Å². The van der Waals surface area contributed by atoms with Crippen LogP contribution in [0.4, 0.5) is 0 Å². The summed E-state index contributed by atoms with van der Waals surface area (Å²) in [6.45, 7) is 0. The van der Waals surface area contributed by atoms with Gasteiger partial charge in [-0.15, -0.1) is 11.6 Å². The van der Waals surface area contributed by atoms with E-state index in [0.717, 1.165) is 5.56 Å². The lowest BCUT2D eigenvalue weighted by atomic mass is 10.0. The fourth-order valence-electron chi connectivity index (χ4n) is 2.04. The van der Waals surface area contributed by atoms with Crippen LogP contribution in [-0.2, 0) is 11.2 Å². The van der Waals surface area contributed by atoms with E-state index in [2.05, 4.69) is 5.32 Å². The van der Waals surface area contributed by atoms with Crippen LogP contribution < -0.4 is 5.32 Å². The van der Waals surface area contributed by atoms with Crippen molar-refractivity contribution in [2.45, 2.75) is 9.97 Å². The average Bonchev–Trinajstić information content (AvgIpc) is 2.55. The first kappa shape index (κ1) is 17.0. The number of benzene rings is 2. The first-order valence-electron chi connectivity index (χ1n) is 6.75. The van der Waals surface area contributed by atoms with Crippen molar-refractivity contribution in [2.24, 2.45) is 0 Å². The highest BCUT2D eigenvalue weighted by Crippen LogP contribution is 2.24. The average molecular weight is 428 g/mol. The molecule has 0 spiro atoms. The fourth-order valence-corrected chi connectivity index (χ4v) is 3.37. The monoisotopic (exact) mass is 427 g/mol. The van der Waals surface area contributed by atoms with E-state index >= 15 is 0 Å². The Morgan fingerprint density at radius 1 is 1.00 bits per heavy atom. The first-order chi connectivity index (χ1) is 10.5. The number of ketones is 1. The highest BCUT2D eigenvalue weighted by molar-refractivity contribution is 14.1. The molecule has 1 N–H and O–H groups in total. The molecule has 22 heavy (non-hydrogen) atoms. The van der Waals surface area contributed by atoms with Crippen LogP contribution in [-0.4, -0.2) is 21.1 Å². The fraction of sp³-hybridized carbons (Fsp3) is 0.176. The summed E-state index contributed by atoms with van der Waals surface area (Å²) in [6, 6.07) is 18.4. The topological polar surface area (TPSA) is 46.2 Å². The molecule has 0 saturated heterocycles. The molecule has 1 atom stereocenters. The Balaban J connectivity index is 2.22. The zero-order valence-corrected chi connectivity index (χ0v) is 14.7. The molecule has 0 aromatic heterocycles. The molecule has 114 valence electrons. The number of rotatable bonds is 6. The molecular formula is C17H15ClINO2. The summed E-state index contributed by atoms with van der Waals surface area (Å²) in [6.07, 6.45) is 0.387. The maximum Gasteiger partial charge on any atom is 0.252 e. The third-order valence-electron chi connectivity index (χ3n) is 3.20. The Morgan fingerprint density at radius 3 is 2.09 bits per heavy atom. The Morgan fingerprint density at radius 2 is 1.55 bits per heavy atom. The van der Waals surface area contributed by atoms with Gasteiger partial charge in [0.25, 0.3) is 5.91 Å². The Labute approximate surface area is 148 Å². The van der Waals surface area contributed by atoms with Gasteiger partial charge in [0.1, 0.15) is 0 Å². The van der Waals surface area contributed by atoms with Crippen molar-refractivity contribution in [3.63, 3.8) is 0 Å². The molecule has 0 bridgehead atoms. The number of halogens is 2. The predicted octanol–water partition coefficient (Wildman–Crippen LogP) is 3.60. The second-order valence-electron chi connectivity index (χ2n) is 4.84. The third-order valence-corrected chi connectivity index (χ3v) is 4.70. The summed E-state index contributed by atoms with van der Waals surface area (Å²) < 4.78 is -1.06. The van der Waals surface area contributed by atoms with Crippen molar-refractivity contribution in [2.75, 3.05) is 5.88 Å². The maximum atomic E-state index is 12.4. The Bertz CT molecular complexity index is 648. The lowest BCUT2D eigenvalue weighted by molar-refractivity contribution is -0.119. The first-order valence-corrected chi connectivity index (χ1v) is 8.36. The van der Waals surface area contributed by atoms with Gasteiger partial charge in [-0.3, -0.25) is 9.59 Å². The van der Waals surface area contributed by atoms with Crippen molar-refractivity contribution in [1.29, 1.82) is 0 Å². The molecule has 2 aromatic rings. The second-order valence-corrected chi connectivity index (χ2v) is 6.95. The number of hydrogen-bond acceptors (Lipinski definition) is 2. The molecular weight excluding hydrogens is 413 g/mol. The maximum absolute atomic E-state index is 12.4. The normalized spacial score (nSPS) is 13.2. The minimum Gasteiger partial charge on any atom is -0.331 e. The van der Waals surface area contributed by atoms with Crippen LogP contribution in [0.2, 0.25) is 0 Å². The van der Waals surface area contributed by atoms with Gasteiger partial charge in [-0.1, -0.05) is 48.5 Å². The molecule has 1 amide bonds. The van der Waals surface area contributed by atoms with Gasteiger partial charge in [0, 0.05) is 12.0 Å². The molecule has 5 heteroatoms. The van der Waals surface area contributed by atoms with Crippen LogP contribution in [0.3, 0.4) is 0 Å². The van der Waals surface area contributed by atoms with Crippen LogP contribution in [0.15, 0.2) is 60.7 Å². The molecule has 0 heterocycles. The largest absolute Gasteiger partial charge is 0.331 e. The molecule has 0 aliphatic carbocycles. The van der Waals surface area contributed by atoms with Crippen LogP contribution >= 0.6 is 34.2 Å². The second kappa shape index (κ2) is 7.74. The molecule has 2 rings (SSSR count). The minimum absolute atomic E-state index is 0.148. The van der Waals surface area contributed by atoms with E-state index in [1.807, 2.05) is 59.0 Å². The number of nitrogens with one attached hydrogen (secondary N) is 1. The van der Waals surface area contributed by atoms with Gasteiger partial charge in [0.2, 0.25) is 0 Å². The summed E-state index contributed by atoms with van der Waals surface area (Å²) in [7, 11) is 0. The van der Waals surface area contributed by atoms with Crippen molar-refractivity contribution < 1.29 is 9.59 Å². The highest BCUT2D eigenvalue weighted by Gasteiger charge is 2.36. The zero-order valence-electron chi connectivity index (χ0n) is 11.8. The van der Waals surface area contributed by atoms with Gasteiger partial charge >= 0.3 is 0 Å². The van der Waals surface area contributed by atoms with Crippen LogP contribution in [0.25, 0.3) is 0 Å². The van der Waals surface area contributed by atoms with Crippen molar-refractivity contribution >= 4 is 45.9 Å². The third kappa shape index (κ3) is 4.30. The van der Waals surface area contributed by atoms with Crippen molar-refractivity contribution in [1.82, 2.24) is 5.32 Å². The summed E-state index contributed by atoms with van der Waals surface area (Å²) in [4.78, 5) is 24.6. The van der Waals surface area contributed by atoms with Gasteiger partial charge in [0.05, 0.1) is 5.88 Å². The van der Waals surface area contributed by atoms with E-state index in [9.17, 15) is 9.59 Å². The molecule has 1 unspecified atom stereocenters. The van der Waals surface area contributed by atoms with Crippen LogP contribution in [0.5, 0.6) is 0 Å². The zero-order chi connectivity index (χ0) is 16.0. The molecule has 0 radical (unpaired) electrons. The van der Waals surface area contributed by atoms with Crippen LogP contribution in [0.1, 0.15) is 15.9 Å². The minimum atomic E-state index is -1.06. The predicted molar refractivity (Wildman–Crippen MR) is 96.5 cm³/mol. The lowest BCUT2D eigenvalue weighted by Crippen LogP contribution is -2.51. The number of amides is 1. The Hall–Kier alpha value is -1.40. The number of carbonyl (C=O) groups is 2. The summed E-state index contributed by atoms with van der Waals surface area (Å²) in [5, 5.41) is 2.82. The summed E-state index contributed by atoms with van der Waals surface area (Å²) in [5.74, 6) is -0.655. The van der Waals surface area contributed by atoms with E-state index in [0.29, 0.717) is 12.0 Å².